The average molecular weight is 360 g/mol. The van der Waals surface area contributed by atoms with Crippen LogP contribution in [0, 0.1) is 0 Å². The molecule has 0 spiro atoms. The highest BCUT2D eigenvalue weighted by Gasteiger charge is 2.09. The van der Waals surface area contributed by atoms with Gasteiger partial charge < -0.3 is 10.6 Å². The van der Waals surface area contributed by atoms with Crippen LogP contribution in [0.5, 0.6) is 0 Å². The number of nitrogens with one attached hydrogen (secondary N) is 2. The van der Waals surface area contributed by atoms with Crippen LogP contribution >= 0.6 is 23.2 Å². The lowest BCUT2D eigenvalue weighted by Crippen LogP contribution is -2.05. The zero-order chi connectivity index (χ0) is 16.9. The van der Waals surface area contributed by atoms with Crippen molar-refractivity contribution in [3.8, 4) is 11.3 Å². The minimum absolute atomic E-state index is 0.527. The molecule has 0 aliphatic rings. The first kappa shape index (κ1) is 16.5. The van der Waals surface area contributed by atoms with Gasteiger partial charge in [0, 0.05) is 35.6 Å². The lowest BCUT2D eigenvalue weighted by molar-refractivity contribution is 1.09. The first-order valence-electron chi connectivity index (χ1n) is 7.41. The Hall–Kier alpha value is -2.37. The second-order valence-electron chi connectivity index (χ2n) is 4.98. The predicted molar refractivity (Wildman–Crippen MR) is 99.2 cm³/mol. The summed E-state index contributed by atoms with van der Waals surface area (Å²) in [5.74, 6) is 1.14. The number of halogens is 2. The van der Waals surface area contributed by atoms with Crippen LogP contribution in [-0.2, 0) is 0 Å². The van der Waals surface area contributed by atoms with Crippen molar-refractivity contribution in [3.63, 3.8) is 0 Å². The van der Waals surface area contributed by atoms with E-state index in [-0.39, 0.29) is 0 Å². The Labute approximate surface area is 150 Å². The maximum Gasteiger partial charge on any atom is 0.225 e. The number of pyridine rings is 1. The molecule has 0 saturated heterocycles. The van der Waals surface area contributed by atoms with Crippen molar-refractivity contribution in [3.05, 3.63) is 58.8 Å². The number of rotatable bonds is 5. The van der Waals surface area contributed by atoms with Crippen LogP contribution in [0.4, 0.5) is 17.5 Å². The van der Waals surface area contributed by atoms with E-state index in [0.29, 0.717) is 34.0 Å². The third kappa shape index (κ3) is 3.93. The molecule has 24 heavy (non-hydrogen) atoms. The topological polar surface area (TPSA) is 62.7 Å². The molecule has 2 aromatic heterocycles. The predicted octanol–water partition coefficient (Wildman–Crippen LogP) is 5.02. The summed E-state index contributed by atoms with van der Waals surface area (Å²) in [5.41, 5.74) is 2.34. The van der Waals surface area contributed by atoms with E-state index in [1.807, 2.05) is 25.1 Å². The van der Waals surface area contributed by atoms with Gasteiger partial charge in [-0.15, -0.1) is 0 Å². The van der Waals surface area contributed by atoms with Crippen molar-refractivity contribution in [2.45, 2.75) is 6.92 Å². The maximum atomic E-state index is 6.21. The Balaban J connectivity index is 2.00. The minimum atomic E-state index is 0.527. The molecule has 3 aromatic rings. The van der Waals surface area contributed by atoms with E-state index in [4.69, 9.17) is 23.2 Å². The van der Waals surface area contributed by atoms with Crippen LogP contribution in [-0.4, -0.2) is 21.5 Å². The monoisotopic (exact) mass is 359 g/mol. The molecular formula is C17H15Cl2N5. The second-order valence-corrected chi connectivity index (χ2v) is 5.83. The fourth-order valence-electron chi connectivity index (χ4n) is 2.14. The van der Waals surface area contributed by atoms with Crippen LogP contribution in [0.1, 0.15) is 6.92 Å². The Kier molecular flexibility index (Phi) is 5.13. The SMILES string of the molecule is CCNc1nc(Nc2cc(Cl)ccc2Cl)cc(-c2cccnc2)n1. The van der Waals surface area contributed by atoms with Crippen molar-refractivity contribution < 1.29 is 0 Å². The van der Waals surface area contributed by atoms with E-state index >= 15 is 0 Å². The van der Waals surface area contributed by atoms with Crippen molar-refractivity contribution in [2.24, 2.45) is 0 Å². The van der Waals surface area contributed by atoms with Crippen molar-refractivity contribution in [2.75, 3.05) is 17.2 Å². The van der Waals surface area contributed by atoms with Crippen LogP contribution in [0.2, 0.25) is 10.0 Å². The fraction of sp³-hybridized carbons (Fsp3) is 0.118. The molecule has 0 unspecified atom stereocenters. The molecule has 122 valence electrons. The summed E-state index contributed by atoms with van der Waals surface area (Å²) in [6.45, 7) is 2.70. The minimum Gasteiger partial charge on any atom is -0.354 e. The molecule has 0 bridgehead atoms. The standard InChI is InChI=1S/C17H15Cl2N5/c1-2-21-17-23-14(11-4-3-7-20-10-11)9-16(24-17)22-15-8-12(18)5-6-13(15)19/h3-10H,2H2,1H3,(H2,21,22,23,24). The van der Waals surface area contributed by atoms with Crippen LogP contribution < -0.4 is 10.6 Å². The molecule has 0 aliphatic heterocycles. The number of anilines is 3. The number of hydrogen-bond acceptors (Lipinski definition) is 5. The first-order chi connectivity index (χ1) is 11.7. The maximum absolute atomic E-state index is 6.21. The normalized spacial score (nSPS) is 10.5. The molecule has 0 amide bonds. The summed E-state index contributed by atoms with van der Waals surface area (Å²) in [6, 6.07) is 10.9. The molecule has 0 fully saturated rings. The molecule has 0 atom stereocenters. The van der Waals surface area contributed by atoms with E-state index in [0.717, 1.165) is 11.3 Å². The lowest BCUT2D eigenvalue weighted by atomic mass is 10.2. The van der Waals surface area contributed by atoms with Gasteiger partial charge in [0.25, 0.3) is 0 Å². The van der Waals surface area contributed by atoms with Gasteiger partial charge in [-0.1, -0.05) is 23.2 Å². The highest BCUT2D eigenvalue weighted by molar-refractivity contribution is 6.35. The molecule has 2 heterocycles. The second kappa shape index (κ2) is 7.47. The molecule has 0 aliphatic carbocycles. The Morgan fingerprint density at radius 3 is 2.71 bits per heavy atom. The first-order valence-corrected chi connectivity index (χ1v) is 8.16. The van der Waals surface area contributed by atoms with E-state index in [1.165, 1.54) is 0 Å². The van der Waals surface area contributed by atoms with Crippen molar-refractivity contribution in [1.82, 2.24) is 15.0 Å². The van der Waals surface area contributed by atoms with Gasteiger partial charge in [-0.3, -0.25) is 4.98 Å². The van der Waals surface area contributed by atoms with Crippen molar-refractivity contribution >= 4 is 40.7 Å². The zero-order valence-electron chi connectivity index (χ0n) is 12.9. The molecular weight excluding hydrogens is 345 g/mol. The van der Waals surface area contributed by atoms with Crippen LogP contribution in [0.3, 0.4) is 0 Å². The molecule has 0 saturated carbocycles. The number of nitrogens with zero attached hydrogens (tertiary/aromatic N) is 3. The number of hydrogen-bond donors (Lipinski definition) is 2. The zero-order valence-corrected chi connectivity index (χ0v) is 14.4. The van der Waals surface area contributed by atoms with E-state index in [2.05, 4.69) is 25.6 Å². The van der Waals surface area contributed by atoms with Crippen LogP contribution in [0.15, 0.2) is 48.8 Å². The highest BCUT2D eigenvalue weighted by atomic mass is 35.5. The Morgan fingerprint density at radius 1 is 1.08 bits per heavy atom. The van der Waals surface area contributed by atoms with Gasteiger partial charge in [0.15, 0.2) is 0 Å². The average Bonchev–Trinajstić information content (AvgIpc) is 2.59. The smallest absolute Gasteiger partial charge is 0.225 e. The Morgan fingerprint density at radius 2 is 1.96 bits per heavy atom. The molecule has 7 heteroatoms. The van der Waals surface area contributed by atoms with E-state index in [1.54, 1.807) is 30.6 Å². The summed E-state index contributed by atoms with van der Waals surface area (Å²) in [5, 5.41) is 7.48. The quantitative estimate of drug-likeness (QED) is 0.669. The third-order valence-corrected chi connectivity index (χ3v) is 3.77. The summed E-state index contributed by atoms with van der Waals surface area (Å²) < 4.78 is 0. The summed E-state index contributed by atoms with van der Waals surface area (Å²) in [6.07, 6.45) is 3.48. The van der Waals surface area contributed by atoms with Gasteiger partial charge in [-0.25, -0.2) is 4.98 Å². The molecule has 1 aromatic carbocycles. The lowest BCUT2D eigenvalue weighted by Gasteiger charge is -2.12. The van der Waals surface area contributed by atoms with Crippen molar-refractivity contribution in [1.29, 1.82) is 0 Å². The summed E-state index contributed by atoms with van der Waals surface area (Å²) >= 11 is 12.3. The van der Waals surface area contributed by atoms with E-state index in [9.17, 15) is 0 Å². The largest absolute Gasteiger partial charge is 0.354 e. The van der Waals surface area contributed by atoms with Crippen LogP contribution in [0.25, 0.3) is 11.3 Å². The van der Waals surface area contributed by atoms with Gasteiger partial charge in [-0.05, 0) is 37.3 Å². The highest BCUT2D eigenvalue weighted by Crippen LogP contribution is 2.29. The van der Waals surface area contributed by atoms with Gasteiger partial charge in [0.1, 0.15) is 5.82 Å². The number of benzene rings is 1. The molecule has 2 N–H and O–H groups in total. The summed E-state index contributed by atoms with van der Waals surface area (Å²) in [4.78, 5) is 13.1. The molecule has 3 rings (SSSR count). The Bertz CT molecular complexity index is 840. The third-order valence-electron chi connectivity index (χ3n) is 3.21. The fourth-order valence-corrected chi connectivity index (χ4v) is 2.48. The molecule has 0 radical (unpaired) electrons. The van der Waals surface area contributed by atoms with Gasteiger partial charge in [-0.2, -0.15) is 4.98 Å². The summed E-state index contributed by atoms with van der Waals surface area (Å²) in [7, 11) is 0. The number of aromatic nitrogens is 3. The van der Waals surface area contributed by atoms with Gasteiger partial charge >= 0.3 is 0 Å². The van der Waals surface area contributed by atoms with Gasteiger partial charge in [0.2, 0.25) is 5.95 Å². The molecule has 5 nitrogen and oxygen atoms in total. The van der Waals surface area contributed by atoms with Gasteiger partial charge in [0.05, 0.1) is 16.4 Å². The van der Waals surface area contributed by atoms with E-state index < -0.39 is 0 Å².